The molecule has 19 heavy (non-hydrogen) atoms. The lowest BCUT2D eigenvalue weighted by molar-refractivity contribution is 0.0708. The third-order valence-electron chi connectivity index (χ3n) is 4.46. The lowest BCUT2D eigenvalue weighted by atomic mass is 9.88. The first-order chi connectivity index (χ1) is 8.99. The third-order valence-corrected chi connectivity index (χ3v) is 4.46. The Kier molecular flexibility index (Phi) is 4.64. The molecule has 0 spiro atoms. The monoisotopic (exact) mass is 260 g/mol. The number of aryl methyl sites for hydroxylation is 1. The molecule has 1 aliphatic heterocycles. The summed E-state index contributed by atoms with van der Waals surface area (Å²) < 4.78 is 0. The molecule has 4 atom stereocenters. The van der Waals surface area contributed by atoms with Crippen molar-refractivity contribution in [2.75, 3.05) is 6.54 Å². The fourth-order valence-corrected chi connectivity index (χ4v) is 3.40. The maximum atomic E-state index is 6.29. The number of likely N-dealkylation sites (tertiary alicyclic amines) is 1. The van der Waals surface area contributed by atoms with Crippen molar-refractivity contribution < 1.29 is 0 Å². The van der Waals surface area contributed by atoms with Crippen LogP contribution in [0.25, 0.3) is 0 Å². The van der Waals surface area contributed by atoms with Crippen LogP contribution in [0.4, 0.5) is 0 Å². The van der Waals surface area contributed by atoms with Gasteiger partial charge >= 0.3 is 0 Å². The highest BCUT2D eigenvalue weighted by atomic mass is 15.2. The fraction of sp³-hybridized carbons (Fsp3) is 0.647. The van der Waals surface area contributed by atoms with Gasteiger partial charge < -0.3 is 5.73 Å². The molecule has 0 aliphatic carbocycles. The van der Waals surface area contributed by atoms with Crippen LogP contribution in [0.5, 0.6) is 0 Å². The van der Waals surface area contributed by atoms with E-state index in [1.807, 2.05) is 0 Å². The van der Waals surface area contributed by atoms with Crippen molar-refractivity contribution in [1.29, 1.82) is 0 Å². The summed E-state index contributed by atoms with van der Waals surface area (Å²) in [6.07, 6.45) is 2.58. The molecule has 0 bridgehead atoms. The molecular formula is C17H28N2. The molecule has 1 aromatic carbocycles. The van der Waals surface area contributed by atoms with E-state index in [-0.39, 0.29) is 6.04 Å². The molecule has 2 heteroatoms. The largest absolute Gasteiger partial charge is 0.326 e. The van der Waals surface area contributed by atoms with E-state index >= 15 is 0 Å². The highest BCUT2D eigenvalue weighted by Gasteiger charge is 2.31. The lowest BCUT2D eigenvalue weighted by Gasteiger charge is -2.43. The van der Waals surface area contributed by atoms with Gasteiger partial charge in [0.25, 0.3) is 0 Å². The molecule has 1 aliphatic rings. The molecule has 2 rings (SSSR count). The van der Waals surface area contributed by atoms with Gasteiger partial charge in [-0.3, -0.25) is 4.90 Å². The average Bonchev–Trinajstić information content (AvgIpc) is 2.34. The summed E-state index contributed by atoms with van der Waals surface area (Å²) in [7, 11) is 0. The van der Waals surface area contributed by atoms with Crippen molar-refractivity contribution in [1.82, 2.24) is 4.90 Å². The van der Waals surface area contributed by atoms with Gasteiger partial charge in [0.05, 0.1) is 0 Å². The van der Waals surface area contributed by atoms with Crippen molar-refractivity contribution in [3.8, 4) is 0 Å². The topological polar surface area (TPSA) is 29.3 Å². The summed E-state index contributed by atoms with van der Waals surface area (Å²) >= 11 is 0. The minimum absolute atomic E-state index is 0.165. The zero-order valence-electron chi connectivity index (χ0n) is 12.8. The van der Waals surface area contributed by atoms with E-state index in [1.54, 1.807) is 0 Å². The van der Waals surface area contributed by atoms with Crippen molar-refractivity contribution in [2.45, 2.75) is 58.7 Å². The van der Waals surface area contributed by atoms with Crippen LogP contribution in [0.1, 0.15) is 50.8 Å². The second-order valence-electron chi connectivity index (χ2n) is 6.43. The summed E-state index contributed by atoms with van der Waals surface area (Å²) in [4.78, 5) is 2.61. The number of benzene rings is 1. The first kappa shape index (κ1) is 14.5. The molecule has 0 saturated carbocycles. The van der Waals surface area contributed by atoms with Crippen LogP contribution in [0.2, 0.25) is 0 Å². The van der Waals surface area contributed by atoms with Gasteiger partial charge in [-0.2, -0.15) is 0 Å². The van der Waals surface area contributed by atoms with E-state index in [1.165, 1.54) is 30.5 Å². The molecule has 1 fully saturated rings. The van der Waals surface area contributed by atoms with E-state index in [2.05, 4.69) is 56.9 Å². The number of nitrogens with zero attached hydrogens (tertiary/aromatic N) is 1. The summed E-state index contributed by atoms with van der Waals surface area (Å²) in [5.41, 5.74) is 8.97. The molecule has 1 aromatic rings. The molecule has 0 amide bonds. The molecule has 106 valence electrons. The summed E-state index contributed by atoms with van der Waals surface area (Å²) in [6, 6.07) is 10.0. The summed E-state index contributed by atoms with van der Waals surface area (Å²) in [5.74, 6) is 0.845. The van der Waals surface area contributed by atoms with Crippen molar-refractivity contribution in [3.05, 3.63) is 35.4 Å². The molecule has 1 heterocycles. The normalized spacial score (nSPS) is 28.1. The second-order valence-corrected chi connectivity index (χ2v) is 6.43. The van der Waals surface area contributed by atoms with E-state index < -0.39 is 0 Å². The van der Waals surface area contributed by atoms with Crippen LogP contribution in [-0.2, 0) is 0 Å². The Bertz CT molecular complexity index is 396. The molecule has 2 N–H and O–H groups in total. The molecule has 1 saturated heterocycles. The number of hydrogen-bond acceptors (Lipinski definition) is 2. The number of rotatable bonds is 3. The molecule has 2 nitrogen and oxygen atoms in total. The van der Waals surface area contributed by atoms with E-state index in [4.69, 9.17) is 5.73 Å². The van der Waals surface area contributed by atoms with Gasteiger partial charge in [0.1, 0.15) is 0 Å². The summed E-state index contributed by atoms with van der Waals surface area (Å²) in [5, 5.41) is 0. The molecule has 0 radical (unpaired) electrons. The molecule has 0 aromatic heterocycles. The predicted molar refractivity (Wildman–Crippen MR) is 82.1 cm³/mol. The van der Waals surface area contributed by atoms with Crippen LogP contribution in [-0.4, -0.2) is 23.5 Å². The Balaban J connectivity index is 2.22. The number of nitrogens with two attached hydrogens (primary N) is 1. The number of hydrogen-bond donors (Lipinski definition) is 1. The standard InChI is InChI=1S/C17H28N2/c1-12-5-7-16(8-6-12)17(15(4)18)19-10-9-13(2)11-14(19)3/h5-8,13-15,17H,9-11,18H2,1-4H3. The van der Waals surface area contributed by atoms with Gasteiger partial charge in [-0.05, 0) is 51.6 Å². The summed E-state index contributed by atoms with van der Waals surface area (Å²) in [6.45, 7) is 10.1. The smallest absolute Gasteiger partial charge is 0.0499 e. The zero-order chi connectivity index (χ0) is 14.0. The molecular weight excluding hydrogens is 232 g/mol. The Morgan fingerprint density at radius 2 is 1.84 bits per heavy atom. The maximum absolute atomic E-state index is 6.29. The van der Waals surface area contributed by atoms with Crippen LogP contribution in [0.15, 0.2) is 24.3 Å². The lowest BCUT2D eigenvalue weighted by Crippen LogP contribution is -2.47. The van der Waals surface area contributed by atoms with Gasteiger partial charge in [-0.25, -0.2) is 0 Å². The van der Waals surface area contributed by atoms with Crippen molar-refractivity contribution in [2.24, 2.45) is 11.7 Å². The predicted octanol–water partition coefficient (Wildman–Crippen LogP) is 3.50. The Morgan fingerprint density at radius 3 is 2.37 bits per heavy atom. The minimum atomic E-state index is 0.165. The van der Waals surface area contributed by atoms with Gasteiger partial charge in [-0.1, -0.05) is 36.8 Å². The van der Waals surface area contributed by atoms with Gasteiger partial charge in [0.2, 0.25) is 0 Å². The highest BCUT2D eigenvalue weighted by molar-refractivity contribution is 5.25. The third kappa shape index (κ3) is 3.37. The van der Waals surface area contributed by atoms with Gasteiger partial charge in [0, 0.05) is 18.1 Å². The maximum Gasteiger partial charge on any atom is 0.0499 e. The second kappa shape index (κ2) is 6.06. The van der Waals surface area contributed by atoms with Crippen LogP contribution in [0.3, 0.4) is 0 Å². The van der Waals surface area contributed by atoms with Crippen molar-refractivity contribution >= 4 is 0 Å². The van der Waals surface area contributed by atoms with Gasteiger partial charge in [-0.15, -0.1) is 0 Å². The van der Waals surface area contributed by atoms with Crippen LogP contribution in [0, 0.1) is 12.8 Å². The fourth-order valence-electron chi connectivity index (χ4n) is 3.40. The van der Waals surface area contributed by atoms with Crippen molar-refractivity contribution in [3.63, 3.8) is 0 Å². The van der Waals surface area contributed by atoms with Crippen LogP contribution >= 0.6 is 0 Å². The number of piperidine rings is 1. The average molecular weight is 260 g/mol. The van der Waals surface area contributed by atoms with E-state index in [9.17, 15) is 0 Å². The zero-order valence-corrected chi connectivity index (χ0v) is 12.8. The minimum Gasteiger partial charge on any atom is -0.326 e. The first-order valence-corrected chi connectivity index (χ1v) is 7.57. The SMILES string of the molecule is Cc1ccc(C(C(C)N)N2CCC(C)CC2C)cc1. The highest BCUT2D eigenvalue weighted by Crippen LogP contribution is 2.32. The Morgan fingerprint density at radius 1 is 1.21 bits per heavy atom. The Labute approximate surface area is 118 Å². The quantitative estimate of drug-likeness (QED) is 0.901. The van der Waals surface area contributed by atoms with E-state index in [0.29, 0.717) is 12.1 Å². The molecule has 4 unspecified atom stereocenters. The van der Waals surface area contributed by atoms with Crippen LogP contribution < -0.4 is 5.73 Å². The first-order valence-electron chi connectivity index (χ1n) is 7.57. The Hall–Kier alpha value is -0.860. The van der Waals surface area contributed by atoms with Gasteiger partial charge in [0.15, 0.2) is 0 Å². The van der Waals surface area contributed by atoms with E-state index in [0.717, 1.165) is 5.92 Å².